The van der Waals surface area contributed by atoms with E-state index in [1.807, 2.05) is 6.07 Å². The number of furan rings is 1. The summed E-state index contributed by atoms with van der Waals surface area (Å²) in [6.07, 6.45) is 0. The first-order chi connectivity index (χ1) is 27.8. The molecule has 0 atom stereocenters. The number of benzene rings is 10. The number of para-hydroxylation sites is 1. The van der Waals surface area contributed by atoms with Crippen molar-refractivity contribution >= 4 is 71.3 Å². The molecular weight excluding hydrogens is 679 g/mol. The monoisotopic (exact) mass is 713 g/mol. The van der Waals surface area contributed by atoms with Crippen molar-refractivity contribution in [2.45, 2.75) is 0 Å². The lowest BCUT2D eigenvalue weighted by molar-refractivity contribution is 0.669. The van der Waals surface area contributed by atoms with Crippen LogP contribution in [0.3, 0.4) is 0 Å². The second-order valence-electron chi connectivity index (χ2n) is 14.5. The van der Waals surface area contributed by atoms with Crippen molar-refractivity contribution < 1.29 is 4.42 Å². The molecule has 0 fully saturated rings. The van der Waals surface area contributed by atoms with Gasteiger partial charge < -0.3 is 9.32 Å². The third-order valence-corrected chi connectivity index (χ3v) is 11.2. The largest absolute Gasteiger partial charge is 0.456 e. The lowest BCUT2D eigenvalue weighted by Gasteiger charge is -2.28. The van der Waals surface area contributed by atoms with Crippen LogP contribution in [0.15, 0.2) is 217 Å². The molecule has 0 amide bonds. The van der Waals surface area contributed by atoms with Gasteiger partial charge in [0.1, 0.15) is 11.2 Å². The van der Waals surface area contributed by atoms with Gasteiger partial charge in [-0.05, 0) is 121 Å². The molecule has 0 unspecified atom stereocenters. The number of nitrogens with zero attached hydrogens (tertiary/aromatic N) is 1. The second kappa shape index (κ2) is 13.2. The molecule has 56 heavy (non-hydrogen) atoms. The van der Waals surface area contributed by atoms with Crippen LogP contribution in [0.1, 0.15) is 0 Å². The lowest BCUT2D eigenvalue weighted by Crippen LogP contribution is -2.10. The summed E-state index contributed by atoms with van der Waals surface area (Å²) in [5.41, 5.74) is 12.1. The Balaban J connectivity index is 1.20. The van der Waals surface area contributed by atoms with Crippen LogP contribution in [0.5, 0.6) is 0 Å². The minimum Gasteiger partial charge on any atom is -0.456 e. The van der Waals surface area contributed by atoms with E-state index in [1.54, 1.807) is 0 Å². The lowest BCUT2D eigenvalue weighted by atomic mass is 9.91. The molecule has 1 heterocycles. The molecular formula is C54H35NO. The van der Waals surface area contributed by atoms with Gasteiger partial charge in [-0.25, -0.2) is 0 Å². The molecule has 0 aliphatic rings. The van der Waals surface area contributed by atoms with E-state index in [1.165, 1.54) is 65.7 Å². The quantitative estimate of drug-likeness (QED) is 0.160. The highest BCUT2D eigenvalue weighted by atomic mass is 16.3. The standard InChI is InChI=1S/C54H35NO/c1-4-14-36(15-5-1)39-24-26-42(27-25-39)55(44-33-40(37-16-6-2-7-17-37)32-41(34-44)38-18-8-3-9-19-38)43-28-29-46-45-20-10-11-21-47(45)53-48(50(46)35-43)30-31-52-54(53)49-22-12-13-23-51(49)56-52/h1-35H. The van der Waals surface area contributed by atoms with Gasteiger partial charge >= 0.3 is 0 Å². The highest BCUT2D eigenvalue weighted by Gasteiger charge is 2.20. The molecule has 0 radical (unpaired) electrons. The Labute approximate surface area is 325 Å². The highest BCUT2D eigenvalue weighted by molar-refractivity contribution is 6.34. The summed E-state index contributed by atoms with van der Waals surface area (Å²) in [7, 11) is 0. The molecule has 0 saturated carbocycles. The van der Waals surface area contributed by atoms with Crippen LogP contribution in [0.4, 0.5) is 17.1 Å². The maximum Gasteiger partial charge on any atom is 0.136 e. The van der Waals surface area contributed by atoms with Gasteiger partial charge in [-0.1, -0.05) is 152 Å². The SMILES string of the molecule is c1ccc(-c2ccc(N(c3cc(-c4ccccc4)cc(-c4ccccc4)c3)c3ccc4c5ccccc5c5c(ccc6oc7ccccc7c65)c4c3)cc2)cc1. The number of fused-ring (bicyclic) bond motifs is 10. The molecule has 0 saturated heterocycles. The minimum atomic E-state index is 0.908. The molecule has 10 aromatic carbocycles. The Bertz CT molecular complexity index is 3160. The molecule has 262 valence electrons. The zero-order valence-electron chi connectivity index (χ0n) is 30.6. The molecule has 0 aliphatic carbocycles. The van der Waals surface area contributed by atoms with Crippen LogP contribution in [0.25, 0.3) is 87.6 Å². The van der Waals surface area contributed by atoms with Gasteiger partial charge in [0.2, 0.25) is 0 Å². The first-order valence-corrected chi connectivity index (χ1v) is 19.2. The van der Waals surface area contributed by atoms with Crippen LogP contribution in [0, 0.1) is 0 Å². The third-order valence-electron chi connectivity index (χ3n) is 11.2. The van der Waals surface area contributed by atoms with Gasteiger partial charge in [0.05, 0.1) is 0 Å². The van der Waals surface area contributed by atoms with Crippen molar-refractivity contribution in [3.8, 4) is 33.4 Å². The zero-order valence-corrected chi connectivity index (χ0v) is 30.6. The zero-order chi connectivity index (χ0) is 37.0. The van der Waals surface area contributed by atoms with Gasteiger partial charge in [0.15, 0.2) is 0 Å². The fourth-order valence-electron chi connectivity index (χ4n) is 8.60. The summed E-state index contributed by atoms with van der Waals surface area (Å²) in [5.74, 6) is 0. The van der Waals surface area contributed by atoms with Gasteiger partial charge in [-0.15, -0.1) is 0 Å². The van der Waals surface area contributed by atoms with Crippen molar-refractivity contribution in [1.29, 1.82) is 0 Å². The second-order valence-corrected chi connectivity index (χ2v) is 14.5. The van der Waals surface area contributed by atoms with E-state index in [-0.39, 0.29) is 0 Å². The maximum atomic E-state index is 6.43. The third kappa shape index (κ3) is 5.34. The van der Waals surface area contributed by atoms with Crippen molar-refractivity contribution in [3.63, 3.8) is 0 Å². The average Bonchev–Trinajstić information content (AvgIpc) is 3.66. The van der Waals surface area contributed by atoms with Gasteiger partial charge in [-0.3, -0.25) is 0 Å². The van der Waals surface area contributed by atoms with Crippen LogP contribution >= 0.6 is 0 Å². The van der Waals surface area contributed by atoms with Gasteiger partial charge in [0, 0.05) is 33.2 Å². The Kier molecular flexibility index (Phi) is 7.53. The Hall–Kier alpha value is -7.42. The van der Waals surface area contributed by atoms with Gasteiger partial charge in [0.25, 0.3) is 0 Å². The van der Waals surface area contributed by atoms with Crippen molar-refractivity contribution in [3.05, 3.63) is 212 Å². The summed E-state index contributed by atoms with van der Waals surface area (Å²) in [4.78, 5) is 2.42. The first kappa shape index (κ1) is 32.0. The average molecular weight is 714 g/mol. The van der Waals surface area contributed by atoms with E-state index in [2.05, 4.69) is 211 Å². The van der Waals surface area contributed by atoms with E-state index in [9.17, 15) is 0 Å². The van der Waals surface area contributed by atoms with E-state index in [0.717, 1.165) is 39.0 Å². The maximum absolute atomic E-state index is 6.43. The summed E-state index contributed by atoms with van der Waals surface area (Å²) >= 11 is 0. The summed E-state index contributed by atoms with van der Waals surface area (Å²) in [6.45, 7) is 0. The molecule has 11 aromatic rings. The smallest absolute Gasteiger partial charge is 0.136 e. The van der Waals surface area contributed by atoms with E-state index < -0.39 is 0 Å². The van der Waals surface area contributed by atoms with E-state index in [4.69, 9.17) is 4.42 Å². The predicted octanol–water partition coefficient (Wildman–Crippen LogP) is 15.5. The van der Waals surface area contributed by atoms with Crippen LogP contribution in [0.2, 0.25) is 0 Å². The number of anilines is 3. The topological polar surface area (TPSA) is 16.4 Å². The predicted molar refractivity (Wildman–Crippen MR) is 237 cm³/mol. The van der Waals surface area contributed by atoms with Gasteiger partial charge in [-0.2, -0.15) is 0 Å². The summed E-state index contributed by atoms with van der Waals surface area (Å²) < 4.78 is 6.43. The Morgan fingerprint density at radius 1 is 0.250 bits per heavy atom. The summed E-state index contributed by atoms with van der Waals surface area (Å²) in [6, 6.07) is 76.5. The number of hydrogen-bond donors (Lipinski definition) is 0. The van der Waals surface area contributed by atoms with Crippen molar-refractivity contribution in [2.75, 3.05) is 4.90 Å². The number of hydrogen-bond acceptors (Lipinski definition) is 2. The highest BCUT2D eigenvalue weighted by Crippen LogP contribution is 2.46. The minimum absolute atomic E-state index is 0.908. The molecule has 0 N–H and O–H groups in total. The van der Waals surface area contributed by atoms with Crippen molar-refractivity contribution in [1.82, 2.24) is 0 Å². The first-order valence-electron chi connectivity index (χ1n) is 19.2. The normalized spacial score (nSPS) is 11.6. The number of rotatable bonds is 6. The van der Waals surface area contributed by atoms with Crippen LogP contribution < -0.4 is 4.90 Å². The van der Waals surface area contributed by atoms with Crippen molar-refractivity contribution in [2.24, 2.45) is 0 Å². The fourth-order valence-corrected chi connectivity index (χ4v) is 8.60. The van der Waals surface area contributed by atoms with Crippen LogP contribution in [-0.4, -0.2) is 0 Å². The van der Waals surface area contributed by atoms with E-state index in [0.29, 0.717) is 0 Å². The van der Waals surface area contributed by atoms with Crippen LogP contribution in [-0.2, 0) is 0 Å². The fraction of sp³-hybridized carbons (Fsp3) is 0. The summed E-state index contributed by atoms with van der Waals surface area (Å²) in [5, 5.41) is 9.64. The molecule has 0 bridgehead atoms. The molecule has 2 nitrogen and oxygen atoms in total. The Morgan fingerprint density at radius 2 is 0.732 bits per heavy atom. The molecule has 1 aromatic heterocycles. The molecule has 2 heteroatoms. The van der Waals surface area contributed by atoms with E-state index >= 15 is 0 Å². The Morgan fingerprint density at radius 3 is 1.39 bits per heavy atom. The molecule has 11 rings (SSSR count). The molecule has 0 spiro atoms. The molecule has 0 aliphatic heterocycles.